The van der Waals surface area contributed by atoms with Crippen molar-refractivity contribution in [3.8, 4) is 0 Å². The maximum Gasteiger partial charge on any atom is 0.417 e. The Bertz CT molecular complexity index is 841. The summed E-state index contributed by atoms with van der Waals surface area (Å²) in [5.74, 6) is 0.274. The van der Waals surface area contributed by atoms with Crippen LogP contribution in [0, 0.1) is 5.92 Å². The van der Waals surface area contributed by atoms with Gasteiger partial charge in [-0.15, -0.1) is 0 Å². The first-order valence-corrected chi connectivity index (χ1v) is 9.01. The fourth-order valence-electron chi connectivity index (χ4n) is 3.15. The van der Waals surface area contributed by atoms with E-state index in [9.17, 15) is 18.0 Å². The van der Waals surface area contributed by atoms with Crippen molar-refractivity contribution in [2.24, 2.45) is 5.92 Å². The molecular weight excluding hydrogens is 379 g/mol. The van der Waals surface area contributed by atoms with Gasteiger partial charge in [-0.3, -0.25) is 9.78 Å². The first-order valence-electron chi connectivity index (χ1n) is 8.63. The summed E-state index contributed by atoms with van der Waals surface area (Å²) in [6, 6.07) is 6.72. The van der Waals surface area contributed by atoms with Gasteiger partial charge < -0.3 is 10.2 Å². The van der Waals surface area contributed by atoms with Crippen LogP contribution in [-0.4, -0.2) is 28.9 Å². The van der Waals surface area contributed by atoms with Crippen molar-refractivity contribution in [2.75, 3.05) is 18.4 Å². The fraction of sp³-hybridized carbons (Fsp3) is 0.368. The molecule has 0 spiro atoms. The van der Waals surface area contributed by atoms with Crippen LogP contribution in [0.25, 0.3) is 0 Å². The fourth-order valence-corrected chi connectivity index (χ4v) is 3.37. The SMILES string of the molecule is CC1CCCN(C(=O)c2cc(Nc3ccc(Cl)c(C(F)(F)F)c3)ccn2)C1. The Labute approximate surface area is 160 Å². The second-order valence-electron chi connectivity index (χ2n) is 6.75. The highest BCUT2D eigenvalue weighted by Crippen LogP contribution is 2.36. The van der Waals surface area contributed by atoms with Crippen molar-refractivity contribution >= 4 is 28.9 Å². The number of piperidine rings is 1. The Morgan fingerprint density at radius 2 is 2.00 bits per heavy atom. The van der Waals surface area contributed by atoms with E-state index in [0.717, 1.165) is 18.9 Å². The molecule has 1 N–H and O–H groups in total. The van der Waals surface area contributed by atoms with E-state index < -0.39 is 11.7 Å². The van der Waals surface area contributed by atoms with Crippen LogP contribution >= 0.6 is 11.6 Å². The van der Waals surface area contributed by atoms with Crippen LogP contribution < -0.4 is 5.32 Å². The summed E-state index contributed by atoms with van der Waals surface area (Å²) < 4.78 is 39.0. The molecular formula is C19H19ClF3N3O. The molecule has 1 aromatic carbocycles. The molecule has 27 heavy (non-hydrogen) atoms. The average Bonchev–Trinajstić information content (AvgIpc) is 2.62. The molecule has 0 bridgehead atoms. The predicted octanol–water partition coefficient (Wildman–Crippen LogP) is 5.37. The van der Waals surface area contributed by atoms with Gasteiger partial charge in [0.25, 0.3) is 5.91 Å². The highest BCUT2D eigenvalue weighted by Gasteiger charge is 2.33. The number of amides is 1. The summed E-state index contributed by atoms with van der Waals surface area (Å²) in [6.07, 6.45) is -1.03. The van der Waals surface area contributed by atoms with Gasteiger partial charge in [0.1, 0.15) is 5.69 Å². The van der Waals surface area contributed by atoms with Crippen LogP contribution in [0.3, 0.4) is 0 Å². The van der Waals surface area contributed by atoms with Crippen molar-refractivity contribution < 1.29 is 18.0 Å². The van der Waals surface area contributed by atoms with E-state index in [1.807, 2.05) is 0 Å². The number of hydrogen-bond acceptors (Lipinski definition) is 3. The number of aromatic nitrogens is 1. The second-order valence-corrected chi connectivity index (χ2v) is 7.15. The van der Waals surface area contributed by atoms with Crippen LogP contribution in [0.15, 0.2) is 36.5 Å². The highest BCUT2D eigenvalue weighted by atomic mass is 35.5. The first-order chi connectivity index (χ1) is 12.7. The summed E-state index contributed by atoms with van der Waals surface area (Å²) in [7, 11) is 0. The molecule has 1 amide bonds. The van der Waals surface area contributed by atoms with E-state index in [2.05, 4.69) is 17.2 Å². The Morgan fingerprint density at radius 1 is 1.26 bits per heavy atom. The number of nitrogens with one attached hydrogen (secondary N) is 1. The van der Waals surface area contributed by atoms with E-state index in [-0.39, 0.29) is 22.3 Å². The molecule has 3 rings (SSSR count). The van der Waals surface area contributed by atoms with Crippen molar-refractivity contribution in [3.05, 3.63) is 52.8 Å². The van der Waals surface area contributed by atoms with Crippen LogP contribution in [0.5, 0.6) is 0 Å². The zero-order valence-corrected chi connectivity index (χ0v) is 15.4. The third-order valence-corrected chi connectivity index (χ3v) is 4.81. The van der Waals surface area contributed by atoms with Gasteiger partial charge in [-0.25, -0.2) is 0 Å². The van der Waals surface area contributed by atoms with Crippen molar-refractivity contribution in [2.45, 2.75) is 25.9 Å². The molecule has 1 aliphatic rings. The number of benzene rings is 1. The lowest BCUT2D eigenvalue weighted by Crippen LogP contribution is -2.39. The van der Waals surface area contributed by atoms with E-state index in [1.165, 1.54) is 18.3 Å². The largest absolute Gasteiger partial charge is 0.417 e. The monoisotopic (exact) mass is 397 g/mol. The summed E-state index contributed by atoms with van der Waals surface area (Å²) >= 11 is 5.64. The van der Waals surface area contributed by atoms with Gasteiger partial charge in [-0.1, -0.05) is 18.5 Å². The summed E-state index contributed by atoms with van der Waals surface area (Å²) in [5, 5.41) is 2.52. The minimum atomic E-state index is -4.54. The van der Waals surface area contributed by atoms with Crippen LogP contribution in [0.2, 0.25) is 5.02 Å². The zero-order valence-electron chi connectivity index (χ0n) is 14.7. The van der Waals surface area contributed by atoms with Crippen molar-refractivity contribution in [1.82, 2.24) is 9.88 Å². The molecule has 1 fully saturated rings. The third-order valence-electron chi connectivity index (χ3n) is 4.48. The van der Waals surface area contributed by atoms with Crippen molar-refractivity contribution in [3.63, 3.8) is 0 Å². The topological polar surface area (TPSA) is 45.2 Å². The third kappa shape index (κ3) is 4.71. The maximum absolute atomic E-state index is 13.0. The van der Waals surface area contributed by atoms with Crippen LogP contribution in [0.1, 0.15) is 35.8 Å². The number of pyridine rings is 1. The maximum atomic E-state index is 13.0. The van der Waals surface area contributed by atoms with Gasteiger partial charge in [0, 0.05) is 30.7 Å². The minimum Gasteiger partial charge on any atom is -0.355 e. The number of anilines is 2. The average molecular weight is 398 g/mol. The molecule has 1 atom stereocenters. The van der Waals surface area contributed by atoms with Gasteiger partial charge >= 0.3 is 6.18 Å². The molecule has 8 heteroatoms. The van der Waals surface area contributed by atoms with Crippen LogP contribution in [-0.2, 0) is 6.18 Å². The molecule has 0 aliphatic carbocycles. The number of alkyl halides is 3. The number of rotatable bonds is 3. The number of carbonyl (C=O) groups is 1. The molecule has 144 valence electrons. The lowest BCUT2D eigenvalue weighted by Gasteiger charge is -2.30. The Morgan fingerprint density at radius 3 is 2.70 bits per heavy atom. The number of nitrogens with zero attached hydrogens (tertiary/aromatic N) is 2. The van der Waals surface area contributed by atoms with E-state index in [0.29, 0.717) is 24.7 Å². The quantitative estimate of drug-likeness (QED) is 0.757. The molecule has 2 heterocycles. The molecule has 0 radical (unpaired) electrons. The lowest BCUT2D eigenvalue weighted by atomic mass is 10.00. The van der Waals surface area contributed by atoms with Gasteiger partial charge in [0.2, 0.25) is 0 Å². The molecule has 1 unspecified atom stereocenters. The van der Waals surface area contributed by atoms with E-state index in [1.54, 1.807) is 17.0 Å². The number of likely N-dealkylation sites (tertiary alicyclic amines) is 1. The number of carbonyl (C=O) groups excluding carboxylic acids is 1. The smallest absolute Gasteiger partial charge is 0.355 e. The van der Waals surface area contributed by atoms with Gasteiger partial charge in [0.05, 0.1) is 10.6 Å². The molecule has 1 aromatic heterocycles. The molecule has 4 nitrogen and oxygen atoms in total. The van der Waals surface area contributed by atoms with Gasteiger partial charge in [-0.2, -0.15) is 13.2 Å². The van der Waals surface area contributed by atoms with E-state index >= 15 is 0 Å². The molecule has 1 aliphatic heterocycles. The predicted molar refractivity (Wildman–Crippen MR) is 98.3 cm³/mol. The number of halogens is 4. The number of hydrogen-bond donors (Lipinski definition) is 1. The van der Waals surface area contributed by atoms with Gasteiger partial charge in [-0.05, 0) is 49.1 Å². The first kappa shape index (κ1) is 19.5. The normalized spacial score (nSPS) is 17.7. The molecule has 2 aromatic rings. The Hall–Kier alpha value is -2.28. The van der Waals surface area contributed by atoms with Crippen molar-refractivity contribution in [1.29, 1.82) is 0 Å². The van der Waals surface area contributed by atoms with E-state index in [4.69, 9.17) is 11.6 Å². The summed E-state index contributed by atoms with van der Waals surface area (Å²) in [4.78, 5) is 18.5. The lowest BCUT2D eigenvalue weighted by molar-refractivity contribution is -0.137. The zero-order chi connectivity index (χ0) is 19.6. The molecule has 0 saturated carbocycles. The summed E-state index contributed by atoms with van der Waals surface area (Å²) in [6.45, 7) is 3.47. The second kappa shape index (κ2) is 7.76. The highest BCUT2D eigenvalue weighted by molar-refractivity contribution is 6.31. The Kier molecular flexibility index (Phi) is 5.60. The minimum absolute atomic E-state index is 0.169. The molecule has 1 saturated heterocycles. The van der Waals surface area contributed by atoms with Crippen LogP contribution in [0.4, 0.5) is 24.5 Å². The van der Waals surface area contributed by atoms with Gasteiger partial charge in [0.15, 0.2) is 0 Å². The standard InChI is InChI=1S/C19H19ClF3N3O/c1-12-3-2-8-26(11-12)18(27)17-10-14(6-7-24-17)25-13-4-5-16(20)15(9-13)19(21,22)23/h4-7,9-10,12H,2-3,8,11H2,1H3,(H,24,25). The summed E-state index contributed by atoms with van der Waals surface area (Å²) in [5.41, 5.74) is 0.0534. The Balaban J connectivity index is 1.79.